The van der Waals surface area contributed by atoms with Crippen LogP contribution in [0.25, 0.3) is 10.9 Å². The highest BCUT2D eigenvalue weighted by atomic mass is 19.1. The molecule has 2 aromatic carbocycles. The first-order valence-corrected chi connectivity index (χ1v) is 10.3. The van der Waals surface area contributed by atoms with Gasteiger partial charge in [0.1, 0.15) is 5.82 Å². The van der Waals surface area contributed by atoms with Crippen molar-refractivity contribution >= 4 is 16.8 Å². The Balaban J connectivity index is 1.31. The largest absolute Gasteiger partial charge is 0.358 e. The maximum atomic E-state index is 13.6. The first-order chi connectivity index (χ1) is 14.0. The maximum absolute atomic E-state index is 13.6. The van der Waals surface area contributed by atoms with Gasteiger partial charge in [0.2, 0.25) is 5.91 Å². The highest BCUT2D eigenvalue weighted by Crippen LogP contribution is 2.24. The zero-order chi connectivity index (χ0) is 20.4. The number of amides is 1. The van der Waals surface area contributed by atoms with Gasteiger partial charge in [-0.15, -0.1) is 0 Å². The molecule has 5 heteroatoms. The lowest BCUT2D eigenvalue weighted by Crippen LogP contribution is -2.44. The van der Waals surface area contributed by atoms with Crippen molar-refractivity contribution in [2.45, 2.75) is 45.7 Å². The molecular weight excluding hydrogens is 365 g/mol. The highest BCUT2D eigenvalue weighted by molar-refractivity contribution is 5.90. The van der Waals surface area contributed by atoms with Crippen LogP contribution in [0.4, 0.5) is 4.39 Å². The van der Waals surface area contributed by atoms with Gasteiger partial charge in [-0.1, -0.05) is 29.8 Å². The number of hydrogen-bond acceptors (Lipinski definition) is 2. The molecule has 1 aliphatic heterocycles. The van der Waals surface area contributed by atoms with Crippen molar-refractivity contribution in [2.24, 2.45) is 0 Å². The predicted molar refractivity (Wildman–Crippen MR) is 114 cm³/mol. The van der Waals surface area contributed by atoms with E-state index in [9.17, 15) is 9.18 Å². The molecule has 1 fully saturated rings. The van der Waals surface area contributed by atoms with Crippen molar-refractivity contribution in [2.75, 3.05) is 13.1 Å². The van der Waals surface area contributed by atoms with E-state index < -0.39 is 0 Å². The summed E-state index contributed by atoms with van der Waals surface area (Å²) in [5.74, 6) is -0.269. The monoisotopic (exact) mass is 393 g/mol. The van der Waals surface area contributed by atoms with Crippen LogP contribution in [0.5, 0.6) is 0 Å². The van der Waals surface area contributed by atoms with Crippen LogP contribution < -0.4 is 5.32 Å². The number of benzene rings is 2. The molecule has 1 amide bonds. The Hall–Kier alpha value is -2.66. The standard InChI is InChI=1S/C24H28FN3O/c1-16-4-3-5-18(12-16)15-28-10-8-20(9-11-28)27-24(29)14-21-17(2)26-23-7-6-19(25)13-22(21)23/h3-7,12-13,20,26H,8-11,14-15H2,1-2H3,(H,27,29). The normalized spacial score (nSPS) is 15.7. The number of aromatic nitrogens is 1. The number of H-pyrrole nitrogens is 1. The molecule has 4 rings (SSSR count). The summed E-state index contributed by atoms with van der Waals surface area (Å²) in [7, 11) is 0. The third-order valence-electron chi connectivity index (χ3n) is 5.86. The lowest BCUT2D eigenvalue weighted by molar-refractivity contribution is -0.121. The number of fused-ring (bicyclic) bond motifs is 1. The Morgan fingerprint density at radius 1 is 1.17 bits per heavy atom. The second-order valence-electron chi connectivity index (χ2n) is 8.20. The molecule has 0 saturated carbocycles. The van der Waals surface area contributed by atoms with Gasteiger partial charge in [-0.2, -0.15) is 0 Å². The molecular formula is C24H28FN3O. The minimum absolute atomic E-state index is 0.00963. The number of aryl methyl sites for hydroxylation is 2. The molecule has 3 aromatic rings. The fraction of sp³-hybridized carbons (Fsp3) is 0.375. The van der Waals surface area contributed by atoms with Crippen LogP contribution in [0.15, 0.2) is 42.5 Å². The van der Waals surface area contributed by atoms with Gasteiger partial charge in [0.05, 0.1) is 6.42 Å². The van der Waals surface area contributed by atoms with E-state index in [1.54, 1.807) is 6.07 Å². The number of aromatic amines is 1. The average Bonchev–Trinajstić information content (AvgIpc) is 2.98. The Bertz CT molecular complexity index is 1020. The molecule has 2 N–H and O–H groups in total. The fourth-order valence-corrected chi connectivity index (χ4v) is 4.33. The molecule has 0 radical (unpaired) electrons. The molecule has 0 spiro atoms. The molecule has 0 unspecified atom stereocenters. The van der Waals surface area contributed by atoms with Crippen molar-refractivity contribution in [3.8, 4) is 0 Å². The first kappa shape index (κ1) is 19.6. The quantitative estimate of drug-likeness (QED) is 0.681. The summed E-state index contributed by atoms with van der Waals surface area (Å²) in [6, 6.07) is 13.5. The van der Waals surface area contributed by atoms with E-state index in [0.29, 0.717) is 0 Å². The second-order valence-corrected chi connectivity index (χ2v) is 8.20. The van der Waals surface area contributed by atoms with Crippen LogP contribution in [0, 0.1) is 19.7 Å². The van der Waals surface area contributed by atoms with E-state index in [0.717, 1.165) is 54.6 Å². The number of carbonyl (C=O) groups excluding carboxylic acids is 1. The molecule has 152 valence electrons. The minimum atomic E-state index is -0.279. The summed E-state index contributed by atoms with van der Waals surface area (Å²) in [6.45, 7) is 6.98. The van der Waals surface area contributed by atoms with Crippen LogP contribution in [0.1, 0.15) is 35.2 Å². The minimum Gasteiger partial charge on any atom is -0.358 e. The van der Waals surface area contributed by atoms with E-state index in [1.807, 2.05) is 6.92 Å². The molecule has 1 aliphatic rings. The van der Waals surface area contributed by atoms with Crippen molar-refractivity contribution in [1.29, 1.82) is 0 Å². The van der Waals surface area contributed by atoms with Crippen molar-refractivity contribution in [3.05, 3.63) is 70.7 Å². The summed E-state index contributed by atoms with van der Waals surface area (Å²) >= 11 is 0. The summed E-state index contributed by atoms with van der Waals surface area (Å²) in [5, 5.41) is 3.98. The lowest BCUT2D eigenvalue weighted by atomic mass is 10.0. The zero-order valence-electron chi connectivity index (χ0n) is 17.1. The number of rotatable bonds is 5. The number of piperidine rings is 1. The predicted octanol–water partition coefficient (Wildman–Crippen LogP) is 4.25. The van der Waals surface area contributed by atoms with E-state index >= 15 is 0 Å². The molecule has 0 bridgehead atoms. The summed E-state index contributed by atoms with van der Waals surface area (Å²) in [6.07, 6.45) is 2.19. The Labute approximate surface area is 171 Å². The van der Waals surface area contributed by atoms with Gasteiger partial charge in [-0.3, -0.25) is 9.69 Å². The van der Waals surface area contributed by atoms with Gasteiger partial charge < -0.3 is 10.3 Å². The highest BCUT2D eigenvalue weighted by Gasteiger charge is 2.22. The number of hydrogen-bond donors (Lipinski definition) is 2. The third-order valence-corrected chi connectivity index (χ3v) is 5.86. The smallest absolute Gasteiger partial charge is 0.224 e. The Morgan fingerprint density at radius 3 is 2.72 bits per heavy atom. The summed E-state index contributed by atoms with van der Waals surface area (Å²) in [4.78, 5) is 18.3. The van der Waals surface area contributed by atoms with Crippen LogP contribution in [-0.2, 0) is 17.8 Å². The first-order valence-electron chi connectivity index (χ1n) is 10.3. The molecule has 1 aromatic heterocycles. The van der Waals surface area contributed by atoms with Crippen LogP contribution in [0.3, 0.4) is 0 Å². The SMILES string of the molecule is Cc1cccc(CN2CCC(NC(=O)Cc3c(C)[nH]c4ccc(F)cc34)CC2)c1. The van der Waals surface area contributed by atoms with E-state index in [-0.39, 0.29) is 24.2 Å². The van der Waals surface area contributed by atoms with Gasteiger partial charge in [0.15, 0.2) is 0 Å². The number of likely N-dealkylation sites (tertiary alicyclic amines) is 1. The molecule has 1 saturated heterocycles. The third kappa shape index (κ3) is 4.67. The van der Waals surface area contributed by atoms with E-state index in [1.165, 1.54) is 23.3 Å². The van der Waals surface area contributed by atoms with Gasteiger partial charge in [-0.05, 0) is 56.0 Å². The molecule has 29 heavy (non-hydrogen) atoms. The van der Waals surface area contributed by atoms with E-state index in [4.69, 9.17) is 0 Å². The summed E-state index contributed by atoms with van der Waals surface area (Å²) in [5.41, 5.74) is 5.31. The molecule has 4 nitrogen and oxygen atoms in total. The van der Waals surface area contributed by atoms with Gasteiger partial charge in [0.25, 0.3) is 0 Å². The number of halogens is 1. The zero-order valence-corrected chi connectivity index (χ0v) is 17.1. The Kier molecular flexibility index (Phi) is 5.67. The maximum Gasteiger partial charge on any atom is 0.224 e. The number of nitrogens with zero attached hydrogens (tertiary/aromatic N) is 1. The molecule has 0 aliphatic carbocycles. The average molecular weight is 394 g/mol. The van der Waals surface area contributed by atoms with Crippen LogP contribution in [0.2, 0.25) is 0 Å². The van der Waals surface area contributed by atoms with E-state index in [2.05, 4.69) is 46.4 Å². The van der Waals surface area contributed by atoms with Crippen molar-refractivity contribution < 1.29 is 9.18 Å². The van der Waals surface area contributed by atoms with Gasteiger partial charge in [0, 0.05) is 42.3 Å². The van der Waals surface area contributed by atoms with Crippen LogP contribution >= 0.6 is 0 Å². The number of carbonyl (C=O) groups is 1. The van der Waals surface area contributed by atoms with Gasteiger partial charge in [-0.25, -0.2) is 4.39 Å². The molecule has 0 atom stereocenters. The summed E-state index contributed by atoms with van der Waals surface area (Å²) < 4.78 is 13.6. The fourth-order valence-electron chi connectivity index (χ4n) is 4.33. The second kappa shape index (κ2) is 8.37. The van der Waals surface area contributed by atoms with Gasteiger partial charge >= 0.3 is 0 Å². The molecule has 2 heterocycles. The van der Waals surface area contributed by atoms with Crippen molar-refractivity contribution in [3.63, 3.8) is 0 Å². The number of nitrogens with one attached hydrogen (secondary N) is 2. The topological polar surface area (TPSA) is 48.1 Å². The van der Waals surface area contributed by atoms with Crippen molar-refractivity contribution in [1.82, 2.24) is 15.2 Å². The Morgan fingerprint density at radius 2 is 1.97 bits per heavy atom. The van der Waals surface area contributed by atoms with Crippen LogP contribution in [-0.4, -0.2) is 34.9 Å². The lowest BCUT2D eigenvalue weighted by Gasteiger charge is -2.32.